The smallest absolute Gasteiger partial charge is 0.308 e. The van der Waals surface area contributed by atoms with Crippen LogP contribution in [0.25, 0.3) is 0 Å². The number of aliphatic carboxylic acids is 1. The van der Waals surface area contributed by atoms with Crippen molar-refractivity contribution in [2.45, 2.75) is 51.0 Å². The molecule has 24 heavy (non-hydrogen) atoms. The first-order chi connectivity index (χ1) is 11.6. The van der Waals surface area contributed by atoms with Crippen LogP contribution in [-0.4, -0.2) is 41.1 Å². The van der Waals surface area contributed by atoms with Crippen LogP contribution >= 0.6 is 0 Å². The number of pyridine rings is 1. The molecule has 0 unspecified atom stereocenters. The summed E-state index contributed by atoms with van der Waals surface area (Å²) in [5, 5.41) is 12.1. The van der Waals surface area contributed by atoms with Gasteiger partial charge in [-0.1, -0.05) is 19.3 Å². The second-order valence-electron chi connectivity index (χ2n) is 6.76. The number of amides is 1. The first-order valence-electron chi connectivity index (χ1n) is 8.90. The summed E-state index contributed by atoms with van der Waals surface area (Å²) in [5.41, 5.74) is 0.490. The van der Waals surface area contributed by atoms with Gasteiger partial charge in [0.15, 0.2) is 0 Å². The number of rotatable bonds is 4. The summed E-state index contributed by atoms with van der Waals surface area (Å²) < 4.78 is 0. The predicted octanol–water partition coefficient (Wildman–Crippen LogP) is 2.45. The molecule has 0 radical (unpaired) electrons. The highest BCUT2D eigenvalue weighted by molar-refractivity contribution is 5.94. The summed E-state index contributed by atoms with van der Waals surface area (Å²) in [6, 6.07) is 3.40. The highest BCUT2D eigenvalue weighted by Gasteiger charge is 2.34. The van der Waals surface area contributed by atoms with E-state index >= 15 is 0 Å². The lowest BCUT2D eigenvalue weighted by molar-refractivity contribution is -0.142. The van der Waals surface area contributed by atoms with Crippen molar-refractivity contribution in [3.63, 3.8) is 0 Å². The zero-order valence-corrected chi connectivity index (χ0v) is 13.9. The summed E-state index contributed by atoms with van der Waals surface area (Å²) in [5.74, 6) is -0.619. The molecular formula is C18H25N3O3. The van der Waals surface area contributed by atoms with Crippen LogP contribution in [0.1, 0.15) is 55.3 Å². The molecule has 1 aliphatic heterocycles. The van der Waals surface area contributed by atoms with Crippen LogP contribution in [-0.2, 0) is 4.79 Å². The normalized spacial score (nSPS) is 24.4. The van der Waals surface area contributed by atoms with Crippen molar-refractivity contribution in [1.82, 2.24) is 10.3 Å². The first kappa shape index (κ1) is 16.7. The van der Waals surface area contributed by atoms with E-state index in [1.165, 1.54) is 25.7 Å². The molecule has 0 bridgehead atoms. The van der Waals surface area contributed by atoms with Crippen LogP contribution in [0.15, 0.2) is 18.3 Å². The zero-order chi connectivity index (χ0) is 16.9. The number of carbonyl (C=O) groups is 2. The second kappa shape index (κ2) is 7.64. The Bertz CT molecular complexity index is 580. The lowest BCUT2D eigenvalue weighted by Crippen LogP contribution is -2.40. The fourth-order valence-corrected chi connectivity index (χ4v) is 3.69. The molecule has 1 aromatic rings. The Kier molecular flexibility index (Phi) is 5.33. The molecule has 0 spiro atoms. The van der Waals surface area contributed by atoms with Crippen LogP contribution in [0.4, 0.5) is 5.82 Å². The van der Waals surface area contributed by atoms with Crippen LogP contribution in [0.2, 0.25) is 0 Å². The molecule has 1 aromatic heterocycles. The van der Waals surface area contributed by atoms with E-state index in [4.69, 9.17) is 0 Å². The van der Waals surface area contributed by atoms with Crippen molar-refractivity contribution in [3.8, 4) is 0 Å². The molecule has 6 nitrogen and oxygen atoms in total. The topological polar surface area (TPSA) is 82.5 Å². The van der Waals surface area contributed by atoms with Gasteiger partial charge in [-0.3, -0.25) is 9.59 Å². The van der Waals surface area contributed by atoms with Crippen molar-refractivity contribution >= 4 is 17.7 Å². The molecule has 130 valence electrons. The third kappa shape index (κ3) is 3.86. The molecule has 2 N–H and O–H groups in total. The Labute approximate surface area is 142 Å². The summed E-state index contributed by atoms with van der Waals surface area (Å²) in [6.45, 7) is 2.03. The van der Waals surface area contributed by atoms with E-state index in [1.807, 2.05) is 6.07 Å². The predicted molar refractivity (Wildman–Crippen MR) is 91.1 cm³/mol. The van der Waals surface area contributed by atoms with Crippen molar-refractivity contribution in [2.24, 2.45) is 5.92 Å². The van der Waals surface area contributed by atoms with E-state index in [9.17, 15) is 14.7 Å². The number of hydrogen-bond acceptors (Lipinski definition) is 4. The van der Waals surface area contributed by atoms with E-state index in [0.717, 1.165) is 31.7 Å². The monoisotopic (exact) mass is 331 g/mol. The zero-order valence-electron chi connectivity index (χ0n) is 13.9. The van der Waals surface area contributed by atoms with Crippen LogP contribution in [0.5, 0.6) is 0 Å². The Balaban J connectivity index is 1.62. The Morgan fingerprint density at radius 2 is 1.83 bits per heavy atom. The fraction of sp³-hybridized carbons (Fsp3) is 0.611. The minimum Gasteiger partial charge on any atom is -0.481 e. The lowest BCUT2D eigenvalue weighted by atomic mass is 10.0. The molecule has 1 saturated heterocycles. The van der Waals surface area contributed by atoms with E-state index in [0.29, 0.717) is 12.0 Å². The van der Waals surface area contributed by atoms with Gasteiger partial charge in [-0.05, 0) is 37.8 Å². The largest absolute Gasteiger partial charge is 0.481 e. The third-order valence-electron chi connectivity index (χ3n) is 5.09. The van der Waals surface area contributed by atoms with Gasteiger partial charge in [-0.15, -0.1) is 0 Å². The molecule has 0 aromatic carbocycles. The van der Waals surface area contributed by atoms with Gasteiger partial charge in [0.1, 0.15) is 5.82 Å². The minimum atomic E-state index is -0.826. The van der Waals surface area contributed by atoms with Gasteiger partial charge in [0.25, 0.3) is 5.91 Å². The maximum absolute atomic E-state index is 12.4. The van der Waals surface area contributed by atoms with Gasteiger partial charge in [-0.25, -0.2) is 4.98 Å². The number of carboxylic acid groups (broad SMARTS) is 1. The van der Waals surface area contributed by atoms with Crippen molar-refractivity contribution in [1.29, 1.82) is 0 Å². The van der Waals surface area contributed by atoms with Crippen molar-refractivity contribution < 1.29 is 14.7 Å². The highest BCUT2D eigenvalue weighted by Crippen LogP contribution is 2.26. The molecule has 6 heteroatoms. The average Bonchev–Trinajstić information content (AvgIpc) is 2.88. The summed E-state index contributed by atoms with van der Waals surface area (Å²) in [6.07, 6.45) is 8.69. The third-order valence-corrected chi connectivity index (χ3v) is 5.09. The van der Waals surface area contributed by atoms with E-state index < -0.39 is 11.9 Å². The quantitative estimate of drug-likeness (QED) is 0.885. The van der Waals surface area contributed by atoms with Crippen LogP contribution in [0.3, 0.4) is 0 Å². The second-order valence-corrected chi connectivity index (χ2v) is 6.76. The van der Waals surface area contributed by atoms with Gasteiger partial charge in [0.05, 0.1) is 11.5 Å². The van der Waals surface area contributed by atoms with E-state index in [-0.39, 0.29) is 11.9 Å². The fourth-order valence-electron chi connectivity index (χ4n) is 3.69. The molecule has 1 saturated carbocycles. The maximum atomic E-state index is 12.4. The van der Waals surface area contributed by atoms with Gasteiger partial charge in [-0.2, -0.15) is 0 Å². The standard InChI is InChI=1S/C18H25N3O3/c22-17(20-15-7-5-6-14(15)18(23)24)13-8-9-16(19-12-13)21-10-3-1-2-4-11-21/h8-9,12,14-15H,1-7,10-11H2,(H,20,22)(H,23,24)/t14-,15+/m1/s1. The van der Waals surface area contributed by atoms with Gasteiger partial charge >= 0.3 is 5.97 Å². The van der Waals surface area contributed by atoms with Gasteiger partial charge < -0.3 is 15.3 Å². The number of aromatic nitrogens is 1. The number of anilines is 1. The summed E-state index contributed by atoms with van der Waals surface area (Å²) in [4.78, 5) is 30.3. The van der Waals surface area contributed by atoms with Gasteiger partial charge in [0.2, 0.25) is 0 Å². The molecule has 2 aliphatic rings. The molecule has 1 amide bonds. The molecular weight excluding hydrogens is 306 g/mol. The number of carboxylic acids is 1. The van der Waals surface area contributed by atoms with Crippen LogP contribution in [0, 0.1) is 5.92 Å². The lowest BCUT2D eigenvalue weighted by Gasteiger charge is -2.21. The first-order valence-corrected chi connectivity index (χ1v) is 8.90. The maximum Gasteiger partial charge on any atom is 0.308 e. The van der Waals surface area contributed by atoms with Crippen molar-refractivity contribution in [3.05, 3.63) is 23.9 Å². The molecule has 2 atom stereocenters. The Hall–Kier alpha value is -2.11. The number of nitrogens with zero attached hydrogens (tertiary/aromatic N) is 2. The number of hydrogen-bond donors (Lipinski definition) is 2. The summed E-state index contributed by atoms with van der Waals surface area (Å²) >= 11 is 0. The SMILES string of the molecule is O=C(N[C@H]1CCC[C@H]1C(=O)O)c1ccc(N2CCCCCC2)nc1. The number of nitrogens with one attached hydrogen (secondary N) is 1. The van der Waals surface area contributed by atoms with Crippen LogP contribution < -0.4 is 10.2 Å². The van der Waals surface area contributed by atoms with Gasteiger partial charge in [0, 0.05) is 25.3 Å². The molecule has 3 rings (SSSR count). The Morgan fingerprint density at radius 3 is 2.46 bits per heavy atom. The minimum absolute atomic E-state index is 0.233. The summed E-state index contributed by atoms with van der Waals surface area (Å²) in [7, 11) is 0. The van der Waals surface area contributed by atoms with Crippen molar-refractivity contribution in [2.75, 3.05) is 18.0 Å². The Morgan fingerprint density at radius 1 is 1.08 bits per heavy atom. The van der Waals surface area contributed by atoms with E-state index in [1.54, 1.807) is 12.3 Å². The average molecular weight is 331 g/mol. The highest BCUT2D eigenvalue weighted by atomic mass is 16.4. The molecule has 2 fully saturated rings. The van der Waals surface area contributed by atoms with E-state index in [2.05, 4.69) is 15.2 Å². The molecule has 1 aliphatic carbocycles. The number of carbonyl (C=O) groups excluding carboxylic acids is 1. The molecule has 2 heterocycles.